The van der Waals surface area contributed by atoms with Crippen LogP contribution in [0.2, 0.25) is 0 Å². The van der Waals surface area contributed by atoms with Crippen molar-refractivity contribution in [2.75, 3.05) is 13.2 Å². The fourth-order valence-electron chi connectivity index (χ4n) is 2.49. The molecule has 2 rings (SSSR count). The molecule has 2 unspecified atom stereocenters. The predicted molar refractivity (Wildman–Crippen MR) is 108 cm³/mol. The largest absolute Gasteiger partial charge is 0.462 e. The number of ether oxygens (including phenoxy) is 4. The lowest BCUT2D eigenvalue weighted by Crippen LogP contribution is -2.39. The van der Waals surface area contributed by atoms with E-state index >= 15 is 0 Å². The minimum Gasteiger partial charge on any atom is -0.462 e. The molecule has 170 valence electrons. The minimum atomic E-state index is -0.813. The van der Waals surface area contributed by atoms with E-state index in [-0.39, 0.29) is 18.1 Å². The molecule has 0 aromatic rings. The molecule has 0 aliphatic carbocycles. The van der Waals surface area contributed by atoms with Crippen molar-refractivity contribution in [1.29, 1.82) is 0 Å². The summed E-state index contributed by atoms with van der Waals surface area (Å²) >= 11 is 0. The van der Waals surface area contributed by atoms with Gasteiger partial charge in [0, 0.05) is 16.4 Å². The van der Waals surface area contributed by atoms with E-state index in [1.807, 2.05) is 48.5 Å². The van der Waals surface area contributed by atoms with Gasteiger partial charge >= 0.3 is 23.9 Å². The molecule has 8 nitrogen and oxygen atoms in total. The van der Waals surface area contributed by atoms with Crippen LogP contribution in [0.25, 0.3) is 0 Å². The third kappa shape index (κ3) is 6.06. The van der Waals surface area contributed by atoms with Crippen molar-refractivity contribution in [1.82, 2.24) is 0 Å². The third-order valence-electron chi connectivity index (χ3n) is 5.26. The van der Waals surface area contributed by atoms with Gasteiger partial charge in [-0.2, -0.15) is 0 Å². The molecule has 2 fully saturated rings. The van der Waals surface area contributed by atoms with Crippen LogP contribution in [-0.4, -0.2) is 49.3 Å². The predicted octanol–water partition coefficient (Wildman–Crippen LogP) is 2.97. The zero-order valence-corrected chi connectivity index (χ0v) is 19.2. The van der Waals surface area contributed by atoms with Gasteiger partial charge in [0.05, 0.1) is 5.41 Å². The van der Waals surface area contributed by atoms with Gasteiger partial charge in [-0.05, 0) is 27.2 Å². The first-order valence-corrected chi connectivity index (χ1v) is 9.96. The Morgan fingerprint density at radius 3 is 1.70 bits per heavy atom. The Morgan fingerprint density at radius 2 is 1.40 bits per heavy atom. The highest BCUT2D eigenvalue weighted by Crippen LogP contribution is 2.33. The van der Waals surface area contributed by atoms with Gasteiger partial charge < -0.3 is 18.9 Å². The number of carbonyl (C=O) groups excluding carboxylic acids is 4. The van der Waals surface area contributed by atoms with Crippen molar-refractivity contribution >= 4 is 23.9 Å². The van der Waals surface area contributed by atoms with Crippen LogP contribution in [-0.2, 0) is 38.1 Å². The Balaban J connectivity index is 0.000000303. The SMILES string of the molecule is C=C(C)C(=O)OC1C(=O)OCC1(C)C.CCC(C)(C)C(=O)OC1C(=O)OCC1(C)C. The summed E-state index contributed by atoms with van der Waals surface area (Å²) in [4.78, 5) is 45.7. The number of carbonyl (C=O) groups is 4. The van der Waals surface area contributed by atoms with Crippen LogP contribution >= 0.6 is 0 Å². The second-order valence-corrected chi connectivity index (χ2v) is 9.78. The lowest BCUT2D eigenvalue weighted by molar-refractivity contribution is -0.170. The van der Waals surface area contributed by atoms with Crippen molar-refractivity contribution in [2.24, 2.45) is 16.2 Å². The van der Waals surface area contributed by atoms with E-state index in [1.165, 1.54) is 6.92 Å². The summed E-state index contributed by atoms with van der Waals surface area (Å²) in [6.07, 6.45) is -0.911. The highest BCUT2D eigenvalue weighted by molar-refractivity contribution is 5.90. The molecule has 2 heterocycles. The summed E-state index contributed by atoms with van der Waals surface area (Å²) in [5, 5.41) is 0. The number of hydrogen-bond acceptors (Lipinski definition) is 8. The van der Waals surface area contributed by atoms with E-state index < -0.39 is 46.4 Å². The molecule has 2 aliphatic heterocycles. The first-order valence-electron chi connectivity index (χ1n) is 9.96. The van der Waals surface area contributed by atoms with Gasteiger partial charge in [0.15, 0.2) is 0 Å². The van der Waals surface area contributed by atoms with Crippen molar-refractivity contribution in [3.63, 3.8) is 0 Å². The van der Waals surface area contributed by atoms with Crippen molar-refractivity contribution < 1.29 is 38.1 Å². The van der Waals surface area contributed by atoms with E-state index in [1.54, 1.807) is 0 Å². The number of hydrogen-bond donors (Lipinski definition) is 0. The molecule has 0 saturated carbocycles. The summed E-state index contributed by atoms with van der Waals surface area (Å²) in [6, 6.07) is 0. The second kappa shape index (κ2) is 9.18. The summed E-state index contributed by atoms with van der Waals surface area (Å²) in [7, 11) is 0. The highest BCUT2D eigenvalue weighted by atomic mass is 16.6. The van der Waals surface area contributed by atoms with Crippen LogP contribution < -0.4 is 0 Å². The maximum absolute atomic E-state index is 11.9. The van der Waals surface area contributed by atoms with Gasteiger partial charge in [-0.15, -0.1) is 0 Å². The van der Waals surface area contributed by atoms with Crippen LogP contribution in [0.15, 0.2) is 12.2 Å². The van der Waals surface area contributed by atoms with Crippen molar-refractivity contribution in [3.8, 4) is 0 Å². The zero-order valence-electron chi connectivity index (χ0n) is 19.2. The van der Waals surface area contributed by atoms with E-state index in [9.17, 15) is 19.2 Å². The van der Waals surface area contributed by atoms with Crippen LogP contribution in [0.3, 0.4) is 0 Å². The van der Waals surface area contributed by atoms with Gasteiger partial charge in [-0.3, -0.25) is 4.79 Å². The molecule has 0 aromatic heterocycles. The Labute approximate surface area is 178 Å². The number of cyclic esters (lactones) is 2. The number of esters is 4. The van der Waals surface area contributed by atoms with Gasteiger partial charge in [-0.1, -0.05) is 41.2 Å². The number of rotatable bonds is 5. The molecule has 2 saturated heterocycles. The zero-order chi connectivity index (χ0) is 23.5. The summed E-state index contributed by atoms with van der Waals surface area (Å²) in [6.45, 7) is 18.4. The van der Waals surface area contributed by atoms with Gasteiger partial charge in [-0.25, -0.2) is 14.4 Å². The minimum absolute atomic E-state index is 0.278. The van der Waals surface area contributed by atoms with E-state index in [0.717, 1.165) is 0 Å². The molecule has 2 aliphatic rings. The van der Waals surface area contributed by atoms with Crippen molar-refractivity contribution in [2.45, 2.75) is 74.0 Å². The van der Waals surface area contributed by atoms with Crippen LogP contribution in [0, 0.1) is 16.2 Å². The lowest BCUT2D eigenvalue weighted by atomic mass is 9.88. The normalized spacial score (nSPS) is 24.1. The van der Waals surface area contributed by atoms with Gasteiger partial charge in [0.1, 0.15) is 13.2 Å². The topological polar surface area (TPSA) is 105 Å². The maximum Gasteiger partial charge on any atom is 0.348 e. The molecule has 0 spiro atoms. The molecule has 0 aromatic carbocycles. The molecular weight excluding hydrogens is 392 g/mol. The Bertz CT molecular complexity index is 717. The third-order valence-corrected chi connectivity index (χ3v) is 5.26. The lowest BCUT2D eigenvalue weighted by Gasteiger charge is -2.27. The molecule has 2 atom stereocenters. The van der Waals surface area contributed by atoms with E-state index in [2.05, 4.69) is 6.58 Å². The summed E-state index contributed by atoms with van der Waals surface area (Å²) in [5.41, 5.74) is -1.17. The Hall–Kier alpha value is -2.38. The fraction of sp³-hybridized carbons (Fsp3) is 0.727. The average Bonchev–Trinajstić information content (AvgIpc) is 3.05. The van der Waals surface area contributed by atoms with Crippen molar-refractivity contribution in [3.05, 3.63) is 12.2 Å². The second-order valence-electron chi connectivity index (χ2n) is 9.78. The van der Waals surface area contributed by atoms with Gasteiger partial charge in [0.25, 0.3) is 0 Å². The van der Waals surface area contributed by atoms with Crippen LogP contribution in [0.4, 0.5) is 0 Å². The molecule has 0 bridgehead atoms. The molecule has 0 N–H and O–H groups in total. The van der Waals surface area contributed by atoms with Crippen LogP contribution in [0.5, 0.6) is 0 Å². The molecule has 30 heavy (non-hydrogen) atoms. The highest BCUT2D eigenvalue weighted by Gasteiger charge is 2.48. The Morgan fingerprint density at radius 1 is 1.00 bits per heavy atom. The average molecular weight is 427 g/mol. The van der Waals surface area contributed by atoms with E-state index in [4.69, 9.17) is 18.9 Å². The summed E-state index contributed by atoms with van der Waals surface area (Å²) < 4.78 is 20.0. The Kier molecular flexibility index (Phi) is 7.85. The first kappa shape index (κ1) is 25.7. The summed E-state index contributed by atoms with van der Waals surface area (Å²) in [5.74, 6) is -1.82. The maximum atomic E-state index is 11.9. The molecular formula is C22H34O8. The first-order chi connectivity index (χ1) is 13.5. The molecule has 0 amide bonds. The standard InChI is InChI=1S/C12H20O4.C10H14O4/c1-6-11(2,3)10(14)16-8-9(13)15-7-12(8,4)5;1-6(2)8(11)14-7-9(12)13-5-10(7,3)4/h8H,6-7H2,1-5H3;7H,1,5H2,2-4H3. The monoisotopic (exact) mass is 426 g/mol. The molecule has 0 radical (unpaired) electrons. The van der Waals surface area contributed by atoms with Crippen LogP contribution in [0.1, 0.15) is 61.8 Å². The molecule has 8 heteroatoms. The van der Waals surface area contributed by atoms with Gasteiger partial charge in [0.2, 0.25) is 12.2 Å². The smallest absolute Gasteiger partial charge is 0.348 e. The fourth-order valence-corrected chi connectivity index (χ4v) is 2.49. The quantitative estimate of drug-likeness (QED) is 0.375. The van der Waals surface area contributed by atoms with E-state index in [0.29, 0.717) is 13.0 Å².